The zero-order valence-corrected chi connectivity index (χ0v) is 12.1. The van der Waals surface area contributed by atoms with Crippen molar-refractivity contribution in [2.45, 2.75) is 44.7 Å². The van der Waals surface area contributed by atoms with Crippen molar-refractivity contribution >= 4 is 5.91 Å². The SMILES string of the molecule is CC(Cc1ccccc1)NC(=O)C1C2CCC(C2)C1N. The Bertz CT molecular complexity index is 471. The standard InChI is InChI=1S/C17H24N2O/c1-11(9-12-5-3-2-4-6-12)19-17(20)15-13-7-8-14(10-13)16(15)18/h2-6,11,13-16H,7-10,18H2,1H3,(H,19,20). The maximum atomic E-state index is 12.5. The van der Waals surface area contributed by atoms with Gasteiger partial charge in [-0.15, -0.1) is 0 Å². The molecule has 1 amide bonds. The van der Waals surface area contributed by atoms with Crippen LogP contribution in [0.4, 0.5) is 0 Å². The van der Waals surface area contributed by atoms with Crippen molar-refractivity contribution in [2.24, 2.45) is 23.5 Å². The topological polar surface area (TPSA) is 55.1 Å². The largest absolute Gasteiger partial charge is 0.353 e. The third kappa shape index (κ3) is 2.59. The summed E-state index contributed by atoms with van der Waals surface area (Å²) >= 11 is 0. The Balaban J connectivity index is 1.56. The molecule has 0 aliphatic heterocycles. The number of nitrogens with one attached hydrogen (secondary N) is 1. The molecule has 0 radical (unpaired) electrons. The van der Waals surface area contributed by atoms with Gasteiger partial charge < -0.3 is 11.1 Å². The van der Waals surface area contributed by atoms with Gasteiger partial charge in [-0.1, -0.05) is 30.3 Å². The van der Waals surface area contributed by atoms with Crippen LogP contribution in [0.25, 0.3) is 0 Å². The molecule has 0 heterocycles. The van der Waals surface area contributed by atoms with Crippen LogP contribution in [-0.4, -0.2) is 18.0 Å². The van der Waals surface area contributed by atoms with Crippen LogP contribution in [0.1, 0.15) is 31.7 Å². The first-order valence-electron chi connectivity index (χ1n) is 7.75. The lowest BCUT2D eigenvalue weighted by Crippen LogP contribution is -2.47. The monoisotopic (exact) mass is 272 g/mol. The molecular formula is C17H24N2O. The van der Waals surface area contributed by atoms with Gasteiger partial charge in [-0.3, -0.25) is 4.79 Å². The first-order chi connectivity index (χ1) is 9.65. The first-order valence-corrected chi connectivity index (χ1v) is 7.75. The van der Waals surface area contributed by atoms with Crippen LogP contribution in [0.3, 0.4) is 0 Å². The molecule has 1 aromatic rings. The molecule has 0 spiro atoms. The van der Waals surface area contributed by atoms with Crippen molar-refractivity contribution < 1.29 is 4.79 Å². The molecule has 3 rings (SSSR count). The summed E-state index contributed by atoms with van der Waals surface area (Å²) in [5, 5.41) is 3.17. The normalized spacial score (nSPS) is 33.1. The van der Waals surface area contributed by atoms with Crippen LogP contribution in [-0.2, 0) is 11.2 Å². The summed E-state index contributed by atoms with van der Waals surface area (Å²) in [6.07, 6.45) is 4.44. The number of benzene rings is 1. The van der Waals surface area contributed by atoms with Crippen molar-refractivity contribution in [2.75, 3.05) is 0 Å². The number of amides is 1. The number of fused-ring (bicyclic) bond motifs is 2. The van der Waals surface area contributed by atoms with E-state index in [0.717, 1.165) is 12.8 Å². The second-order valence-corrected chi connectivity index (χ2v) is 6.54. The highest BCUT2D eigenvalue weighted by molar-refractivity contribution is 5.80. The van der Waals surface area contributed by atoms with E-state index in [2.05, 4.69) is 24.4 Å². The number of rotatable bonds is 4. The third-order valence-electron chi connectivity index (χ3n) is 5.06. The minimum Gasteiger partial charge on any atom is -0.353 e. The van der Waals surface area contributed by atoms with Crippen molar-refractivity contribution in [3.05, 3.63) is 35.9 Å². The number of nitrogens with two attached hydrogens (primary N) is 1. The van der Waals surface area contributed by atoms with E-state index in [4.69, 9.17) is 5.73 Å². The summed E-state index contributed by atoms with van der Waals surface area (Å²) < 4.78 is 0. The van der Waals surface area contributed by atoms with Gasteiger partial charge in [-0.25, -0.2) is 0 Å². The van der Waals surface area contributed by atoms with Gasteiger partial charge in [0.05, 0.1) is 5.92 Å². The van der Waals surface area contributed by atoms with E-state index in [1.54, 1.807) is 0 Å². The highest BCUT2D eigenvalue weighted by atomic mass is 16.2. The fraction of sp³-hybridized carbons (Fsp3) is 0.588. The van der Waals surface area contributed by atoms with E-state index in [1.807, 2.05) is 18.2 Å². The predicted octanol–water partition coefficient (Wildman–Crippen LogP) is 2.11. The summed E-state index contributed by atoms with van der Waals surface area (Å²) in [4.78, 5) is 12.5. The van der Waals surface area contributed by atoms with E-state index >= 15 is 0 Å². The number of hydrogen-bond donors (Lipinski definition) is 2. The Morgan fingerprint density at radius 2 is 2.00 bits per heavy atom. The van der Waals surface area contributed by atoms with Crippen molar-refractivity contribution in [1.82, 2.24) is 5.32 Å². The summed E-state index contributed by atoms with van der Waals surface area (Å²) in [5.74, 6) is 1.33. The zero-order chi connectivity index (χ0) is 14.1. The molecule has 3 heteroatoms. The number of carbonyl (C=O) groups excluding carboxylic acids is 1. The Labute approximate surface area is 120 Å². The Kier molecular flexibility index (Phi) is 3.79. The van der Waals surface area contributed by atoms with E-state index < -0.39 is 0 Å². The lowest BCUT2D eigenvalue weighted by atomic mass is 9.84. The Morgan fingerprint density at radius 3 is 2.65 bits per heavy atom. The molecule has 2 aliphatic carbocycles. The fourth-order valence-corrected chi connectivity index (χ4v) is 4.08. The van der Waals surface area contributed by atoms with E-state index in [0.29, 0.717) is 11.8 Å². The molecule has 5 atom stereocenters. The predicted molar refractivity (Wildman–Crippen MR) is 80.0 cm³/mol. The second-order valence-electron chi connectivity index (χ2n) is 6.54. The molecule has 1 aromatic carbocycles. The van der Waals surface area contributed by atoms with Crippen LogP contribution >= 0.6 is 0 Å². The van der Waals surface area contributed by atoms with Gasteiger partial charge in [0.15, 0.2) is 0 Å². The van der Waals surface area contributed by atoms with E-state index in [9.17, 15) is 4.79 Å². The molecule has 2 fully saturated rings. The van der Waals surface area contributed by atoms with Crippen LogP contribution in [0, 0.1) is 17.8 Å². The fourth-order valence-electron chi connectivity index (χ4n) is 4.08. The highest BCUT2D eigenvalue weighted by Crippen LogP contribution is 2.47. The zero-order valence-electron chi connectivity index (χ0n) is 12.1. The van der Waals surface area contributed by atoms with E-state index in [-0.39, 0.29) is 23.9 Å². The maximum absolute atomic E-state index is 12.5. The molecular weight excluding hydrogens is 248 g/mol. The van der Waals surface area contributed by atoms with Crippen LogP contribution in [0.2, 0.25) is 0 Å². The number of hydrogen-bond acceptors (Lipinski definition) is 2. The Hall–Kier alpha value is -1.35. The molecule has 2 aliphatic rings. The summed E-state index contributed by atoms with van der Waals surface area (Å²) in [5.41, 5.74) is 7.49. The van der Waals surface area contributed by atoms with Crippen LogP contribution in [0.15, 0.2) is 30.3 Å². The molecule has 20 heavy (non-hydrogen) atoms. The van der Waals surface area contributed by atoms with Gasteiger partial charge in [0.2, 0.25) is 5.91 Å². The van der Waals surface area contributed by atoms with E-state index in [1.165, 1.54) is 18.4 Å². The molecule has 5 unspecified atom stereocenters. The first kappa shape index (κ1) is 13.6. The molecule has 2 saturated carbocycles. The smallest absolute Gasteiger partial charge is 0.225 e. The van der Waals surface area contributed by atoms with Gasteiger partial charge in [0.1, 0.15) is 0 Å². The highest BCUT2D eigenvalue weighted by Gasteiger charge is 2.49. The van der Waals surface area contributed by atoms with Crippen molar-refractivity contribution in [1.29, 1.82) is 0 Å². The van der Waals surface area contributed by atoms with Gasteiger partial charge in [-0.2, -0.15) is 0 Å². The summed E-state index contributed by atoms with van der Waals surface area (Å²) in [7, 11) is 0. The average Bonchev–Trinajstić information content (AvgIpc) is 3.00. The number of carbonyl (C=O) groups is 1. The molecule has 108 valence electrons. The quantitative estimate of drug-likeness (QED) is 0.882. The van der Waals surface area contributed by atoms with Gasteiger partial charge in [-0.05, 0) is 50.0 Å². The molecule has 0 saturated heterocycles. The van der Waals surface area contributed by atoms with Gasteiger partial charge >= 0.3 is 0 Å². The summed E-state index contributed by atoms with van der Waals surface area (Å²) in [6.45, 7) is 2.07. The maximum Gasteiger partial charge on any atom is 0.225 e. The van der Waals surface area contributed by atoms with Gasteiger partial charge in [0.25, 0.3) is 0 Å². The van der Waals surface area contributed by atoms with Crippen molar-refractivity contribution in [3.63, 3.8) is 0 Å². The second kappa shape index (κ2) is 5.57. The minimum absolute atomic E-state index is 0.0481. The molecule has 3 N–H and O–H groups in total. The minimum atomic E-state index is 0.0481. The Morgan fingerprint density at radius 1 is 1.30 bits per heavy atom. The van der Waals surface area contributed by atoms with Crippen LogP contribution < -0.4 is 11.1 Å². The molecule has 3 nitrogen and oxygen atoms in total. The molecule has 0 aromatic heterocycles. The van der Waals surface area contributed by atoms with Crippen LogP contribution in [0.5, 0.6) is 0 Å². The average molecular weight is 272 g/mol. The third-order valence-corrected chi connectivity index (χ3v) is 5.06. The summed E-state index contributed by atoms with van der Waals surface area (Å²) in [6, 6.07) is 10.5. The van der Waals surface area contributed by atoms with Crippen molar-refractivity contribution in [3.8, 4) is 0 Å². The van der Waals surface area contributed by atoms with Gasteiger partial charge in [0, 0.05) is 12.1 Å². The molecule has 2 bridgehead atoms. The lowest BCUT2D eigenvalue weighted by Gasteiger charge is -2.28. The lowest BCUT2D eigenvalue weighted by molar-refractivity contribution is -0.127.